The van der Waals surface area contributed by atoms with Crippen LogP contribution in [0.3, 0.4) is 0 Å². The van der Waals surface area contributed by atoms with Crippen molar-refractivity contribution in [2.45, 2.75) is 52.9 Å². The fourth-order valence-corrected chi connectivity index (χ4v) is 4.23. The van der Waals surface area contributed by atoms with Crippen molar-refractivity contribution in [1.82, 2.24) is 0 Å². The van der Waals surface area contributed by atoms with Crippen molar-refractivity contribution in [2.24, 2.45) is 29.6 Å². The zero-order valence-electron chi connectivity index (χ0n) is 9.42. The van der Waals surface area contributed by atoms with Gasteiger partial charge in [-0.25, -0.2) is 0 Å². The van der Waals surface area contributed by atoms with Crippen LogP contribution in [0.5, 0.6) is 0 Å². The lowest BCUT2D eigenvalue weighted by Crippen LogP contribution is -2.26. The van der Waals surface area contributed by atoms with E-state index in [1.54, 1.807) is 6.42 Å². The van der Waals surface area contributed by atoms with Gasteiger partial charge in [-0.1, -0.05) is 46.5 Å². The Labute approximate surface area is 83.1 Å². The number of hydrogen-bond donors (Lipinski definition) is 0. The Kier molecular flexibility index (Phi) is 2.67. The van der Waals surface area contributed by atoms with Crippen LogP contribution in [0.1, 0.15) is 52.9 Å². The van der Waals surface area contributed by atoms with E-state index in [4.69, 9.17) is 0 Å². The van der Waals surface area contributed by atoms with E-state index in [1.165, 1.54) is 25.7 Å². The molecule has 0 bridgehead atoms. The largest absolute Gasteiger partial charge is 0.0651 e. The molecule has 0 heterocycles. The minimum Gasteiger partial charge on any atom is -0.0651 e. The molecule has 0 nitrogen and oxygen atoms in total. The molecule has 0 N–H and O–H groups in total. The van der Waals surface area contributed by atoms with Crippen LogP contribution in [-0.4, -0.2) is 0 Å². The molecule has 0 radical (unpaired) electrons. The van der Waals surface area contributed by atoms with Gasteiger partial charge in [-0.15, -0.1) is 0 Å². The van der Waals surface area contributed by atoms with E-state index >= 15 is 0 Å². The first-order valence-electron chi connectivity index (χ1n) is 6.24. The standard InChI is InChI=1S/C13H24/c1-4-11-8-12-7-5-6-9(2)13(12)10(11)3/h9-13H,4-8H2,1-3H3. The summed E-state index contributed by atoms with van der Waals surface area (Å²) in [5.41, 5.74) is 0. The van der Waals surface area contributed by atoms with Gasteiger partial charge in [0.1, 0.15) is 0 Å². The SMILES string of the molecule is CCC1CC2CCCC(C)C2C1C. The van der Waals surface area contributed by atoms with Crippen molar-refractivity contribution in [3.05, 3.63) is 0 Å². The van der Waals surface area contributed by atoms with Gasteiger partial charge in [0.2, 0.25) is 0 Å². The number of hydrogen-bond acceptors (Lipinski definition) is 0. The average molecular weight is 180 g/mol. The quantitative estimate of drug-likeness (QED) is 0.570. The third-order valence-electron chi connectivity index (χ3n) is 4.92. The smallest absolute Gasteiger partial charge is 0.0332 e. The molecule has 13 heavy (non-hydrogen) atoms. The summed E-state index contributed by atoms with van der Waals surface area (Å²) < 4.78 is 0. The third kappa shape index (κ3) is 1.53. The highest BCUT2D eigenvalue weighted by atomic mass is 14.5. The number of fused-ring (bicyclic) bond motifs is 1. The molecule has 0 saturated heterocycles. The van der Waals surface area contributed by atoms with Gasteiger partial charge in [0.05, 0.1) is 0 Å². The molecule has 0 heteroatoms. The lowest BCUT2D eigenvalue weighted by atomic mass is 9.71. The second kappa shape index (κ2) is 3.63. The molecule has 0 spiro atoms. The van der Waals surface area contributed by atoms with Gasteiger partial charge in [-0.05, 0) is 36.0 Å². The molecule has 2 rings (SSSR count). The Morgan fingerprint density at radius 1 is 1.15 bits per heavy atom. The summed E-state index contributed by atoms with van der Waals surface area (Å²) in [4.78, 5) is 0. The summed E-state index contributed by atoms with van der Waals surface area (Å²) in [6.45, 7) is 7.38. The maximum atomic E-state index is 2.51. The van der Waals surface area contributed by atoms with Gasteiger partial charge in [0.25, 0.3) is 0 Å². The van der Waals surface area contributed by atoms with Crippen molar-refractivity contribution in [1.29, 1.82) is 0 Å². The lowest BCUT2D eigenvalue weighted by molar-refractivity contribution is 0.156. The predicted octanol–water partition coefficient (Wildman–Crippen LogP) is 4.10. The first-order valence-corrected chi connectivity index (χ1v) is 6.24. The first-order chi connectivity index (χ1) is 6.24. The molecule has 0 aromatic heterocycles. The zero-order valence-corrected chi connectivity index (χ0v) is 9.42. The van der Waals surface area contributed by atoms with Crippen molar-refractivity contribution in [2.75, 3.05) is 0 Å². The molecule has 0 aliphatic heterocycles. The van der Waals surface area contributed by atoms with Gasteiger partial charge in [-0.2, -0.15) is 0 Å². The summed E-state index contributed by atoms with van der Waals surface area (Å²) in [5.74, 6) is 5.27. The highest BCUT2D eigenvalue weighted by Crippen LogP contribution is 2.51. The van der Waals surface area contributed by atoms with Gasteiger partial charge in [-0.3, -0.25) is 0 Å². The summed E-state index contributed by atoms with van der Waals surface area (Å²) in [5, 5.41) is 0. The van der Waals surface area contributed by atoms with Crippen LogP contribution < -0.4 is 0 Å². The molecule has 2 aliphatic carbocycles. The van der Waals surface area contributed by atoms with Crippen LogP contribution in [-0.2, 0) is 0 Å². The van der Waals surface area contributed by atoms with Crippen LogP contribution in [0.25, 0.3) is 0 Å². The molecule has 2 fully saturated rings. The summed E-state index contributed by atoms with van der Waals surface area (Å²) in [7, 11) is 0. The highest BCUT2D eigenvalue weighted by Gasteiger charge is 2.43. The Morgan fingerprint density at radius 3 is 2.54 bits per heavy atom. The fraction of sp³-hybridized carbons (Fsp3) is 1.00. The van der Waals surface area contributed by atoms with Crippen molar-refractivity contribution < 1.29 is 0 Å². The lowest BCUT2D eigenvalue weighted by Gasteiger charge is -2.34. The minimum atomic E-state index is 1.02. The molecule has 2 saturated carbocycles. The number of rotatable bonds is 1. The summed E-state index contributed by atoms with van der Waals surface area (Å²) in [6.07, 6.45) is 7.51. The molecule has 0 aromatic carbocycles. The molecule has 76 valence electrons. The second-order valence-electron chi connectivity index (χ2n) is 5.51. The maximum absolute atomic E-state index is 2.51. The topological polar surface area (TPSA) is 0 Å². The van der Waals surface area contributed by atoms with Gasteiger partial charge in [0, 0.05) is 0 Å². The van der Waals surface area contributed by atoms with Gasteiger partial charge in [0.15, 0.2) is 0 Å². The van der Waals surface area contributed by atoms with Crippen molar-refractivity contribution >= 4 is 0 Å². The van der Waals surface area contributed by atoms with E-state index in [0.717, 1.165) is 29.6 Å². The molecule has 2 aliphatic rings. The normalized spacial score (nSPS) is 50.5. The highest BCUT2D eigenvalue weighted by molar-refractivity contribution is 4.92. The van der Waals surface area contributed by atoms with Gasteiger partial charge >= 0.3 is 0 Å². The van der Waals surface area contributed by atoms with E-state index in [2.05, 4.69) is 20.8 Å². The van der Waals surface area contributed by atoms with Gasteiger partial charge < -0.3 is 0 Å². The minimum absolute atomic E-state index is 1.02. The molecule has 5 unspecified atom stereocenters. The van der Waals surface area contributed by atoms with Crippen molar-refractivity contribution in [3.8, 4) is 0 Å². The summed E-state index contributed by atoms with van der Waals surface area (Å²) >= 11 is 0. The predicted molar refractivity (Wildman–Crippen MR) is 57.6 cm³/mol. The van der Waals surface area contributed by atoms with E-state index in [0.29, 0.717) is 0 Å². The maximum Gasteiger partial charge on any atom is -0.0332 e. The van der Waals surface area contributed by atoms with E-state index in [-0.39, 0.29) is 0 Å². The van der Waals surface area contributed by atoms with E-state index < -0.39 is 0 Å². The third-order valence-corrected chi connectivity index (χ3v) is 4.92. The molecule has 5 atom stereocenters. The Balaban J connectivity index is 2.09. The van der Waals surface area contributed by atoms with Crippen LogP contribution in [0.4, 0.5) is 0 Å². The van der Waals surface area contributed by atoms with Crippen molar-refractivity contribution in [3.63, 3.8) is 0 Å². The molecule has 0 amide bonds. The fourth-order valence-electron chi connectivity index (χ4n) is 4.23. The monoisotopic (exact) mass is 180 g/mol. The first kappa shape index (κ1) is 9.55. The average Bonchev–Trinajstić information content (AvgIpc) is 2.44. The molecular formula is C13H24. The van der Waals surface area contributed by atoms with E-state index in [1.807, 2.05) is 0 Å². The van der Waals surface area contributed by atoms with Crippen LogP contribution in [0.15, 0.2) is 0 Å². The van der Waals surface area contributed by atoms with E-state index in [9.17, 15) is 0 Å². The Hall–Kier alpha value is 0. The Bertz CT molecular complexity index is 171. The van der Waals surface area contributed by atoms with Crippen LogP contribution >= 0.6 is 0 Å². The summed E-state index contributed by atoms with van der Waals surface area (Å²) in [6, 6.07) is 0. The Morgan fingerprint density at radius 2 is 1.92 bits per heavy atom. The van der Waals surface area contributed by atoms with Crippen LogP contribution in [0.2, 0.25) is 0 Å². The van der Waals surface area contributed by atoms with Crippen LogP contribution in [0, 0.1) is 29.6 Å². The zero-order chi connectivity index (χ0) is 9.42. The molecule has 0 aromatic rings. The molecular weight excluding hydrogens is 156 g/mol. The second-order valence-corrected chi connectivity index (χ2v) is 5.51.